The number of nitrogens with zero attached hydrogens (tertiary/aromatic N) is 2. The third-order valence-electron chi connectivity index (χ3n) is 5.29. The Bertz CT molecular complexity index is 867. The molecule has 4 rings (SSSR count). The molecule has 0 spiro atoms. The molecule has 1 aromatic heterocycles. The maximum Gasteiger partial charge on any atom is 0.0651 e. The molecule has 0 radical (unpaired) electrons. The molecule has 1 aliphatic heterocycles. The molecule has 130 valence electrons. The number of benzene rings is 2. The van der Waals surface area contributed by atoms with Gasteiger partial charge in [-0.05, 0) is 68.1 Å². The van der Waals surface area contributed by atoms with E-state index >= 15 is 0 Å². The maximum atomic E-state index is 4.10. The molecule has 25 heavy (non-hydrogen) atoms. The summed E-state index contributed by atoms with van der Waals surface area (Å²) in [6.07, 6.45) is 4.36. The monoisotopic (exact) mass is 334 g/mol. The fraction of sp³-hybridized carbons (Fsp3) is 0.381. The van der Waals surface area contributed by atoms with Gasteiger partial charge in [-0.3, -0.25) is 10.00 Å². The van der Waals surface area contributed by atoms with Crippen LogP contribution in [0.25, 0.3) is 10.9 Å². The molecule has 2 N–H and O–H groups in total. The highest BCUT2D eigenvalue weighted by molar-refractivity contribution is 5.81. The second-order valence-corrected chi connectivity index (χ2v) is 7.31. The van der Waals surface area contributed by atoms with Crippen LogP contribution in [0, 0.1) is 13.8 Å². The minimum Gasteiger partial charge on any atom is -0.381 e. The molecule has 1 saturated heterocycles. The molecule has 1 fully saturated rings. The van der Waals surface area contributed by atoms with Gasteiger partial charge in [-0.15, -0.1) is 0 Å². The van der Waals surface area contributed by atoms with Gasteiger partial charge in [0.25, 0.3) is 0 Å². The zero-order valence-electron chi connectivity index (χ0n) is 15.0. The highest BCUT2D eigenvalue weighted by atomic mass is 15.2. The predicted octanol–water partition coefficient (Wildman–Crippen LogP) is 4.26. The smallest absolute Gasteiger partial charge is 0.0651 e. The van der Waals surface area contributed by atoms with Crippen molar-refractivity contribution >= 4 is 16.6 Å². The van der Waals surface area contributed by atoms with E-state index in [2.05, 4.69) is 70.7 Å². The second kappa shape index (κ2) is 6.89. The van der Waals surface area contributed by atoms with E-state index in [1.807, 2.05) is 6.20 Å². The van der Waals surface area contributed by atoms with Crippen LogP contribution in [0.1, 0.15) is 29.5 Å². The number of aromatic nitrogens is 2. The van der Waals surface area contributed by atoms with E-state index in [9.17, 15) is 0 Å². The van der Waals surface area contributed by atoms with Gasteiger partial charge >= 0.3 is 0 Å². The van der Waals surface area contributed by atoms with Crippen LogP contribution in [0.4, 0.5) is 5.69 Å². The minimum absolute atomic E-state index is 0.504. The summed E-state index contributed by atoms with van der Waals surface area (Å²) in [6.45, 7) is 7.70. The van der Waals surface area contributed by atoms with Gasteiger partial charge in [0.1, 0.15) is 0 Å². The summed E-state index contributed by atoms with van der Waals surface area (Å²) >= 11 is 0. The first kappa shape index (κ1) is 16.2. The molecule has 0 unspecified atom stereocenters. The number of anilines is 1. The van der Waals surface area contributed by atoms with E-state index in [4.69, 9.17) is 0 Å². The summed E-state index contributed by atoms with van der Waals surface area (Å²) in [6, 6.07) is 13.8. The number of piperidine rings is 1. The zero-order chi connectivity index (χ0) is 17.2. The van der Waals surface area contributed by atoms with Gasteiger partial charge in [-0.2, -0.15) is 5.10 Å². The third kappa shape index (κ3) is 3.69. The van der Waals surface area contributed by atoms with E-state index < -0.39 is 0 Å². The Kier molecular flexibility index (Phi) is 4.45. The number of H-pyrrole nitrogens is 1. The lowest BCUT2D eigenvalue weighted by Crippen LogP contribution is -2.41. The number of fused-ring (bicyclic) bond motifs is 1. The fourth-order valence-electron chi connectivity index (χ4n) is 3.75. The lowest BCUT2D eigenvalue weighted by Gasteiger charge is -2.33. The van der Waals surface area contributed by atoms with E-state index in [1.165, 1.54) is 41.8 Å². The molecule has 0 saturated carbocycles. The molecule has 0 amide bonds. The van der Waals surface area contributed by atoms with Crippen molar-refractivity contribution in [2.75, 3.05) is 18.4 Å². The number of hydrogen-bond acceptors (Lipinski definition) is 3. The number of likely N-dealkylation sites (tertiary alicyclic amines) is 1. The van der Waals surface area contributed by atoms with Crippen LogP contribution < -0.4 is 5.32 Å². The Morgan fingerprint density at radius 2 is 2.08 bits per heavy atom. The Morgan fingerprint density at radius 3 is 2.96 bits per heavy atom. The molecular weight excluding hydrogens is 308 g/mol. The Hall–Kier alpha value is -2.33. The summed E-state index contributed by atoms with van der Waals surface area (Å²) in [7, 11) is 0. The standard InChI is InChI=1S/C21H26N4/c1-15-5-6-17(10-16(15)2)13-25-9-3-4-20(14-25)23-19-7-8-21-18(11-19)12-22-24-21/h5-8,10-12,20,23H,3-4,9,13-14H2,1-2H3,(H,22,24)/t20-/m1/s1. The topological polar surface area (TPSA) is 44.0 Å². The van der Waals surface area contributed by atoms with Crippen molar-refractivity contribution < 1.29 is 0 Å². The number of aryl methyl sites for hydroxylation is 2. The Balaban J connectivity index is 1.40. The Labute approximate surface area is 149 Å². The minimum atomic E-state index is 0.504. The van der Waals surface area contributed by atoms with Gasteiger partial charge in [0.05, 0.1) is 11.7 Å². The van der Waals surface area contributed by atoms with Crippen molar-refractivity contribution in [3.05, 3.63) is 59.3 Å². The van der Waals surface area contributed by atoms with Crippen LogP contribution in [0.3, 0.4) is 0 Å². The van der Waals surface area contributed by atoms with Crippen molar-refractivity contribution in [2.45, 2.75) is 39.3 Å². The summed E-state index contributed by atoms with van der Waals surface area (Å²) in [5.74, 6) is 0. The van der Waals surface area contributed by atoms with Crippen LogP contribution in [0.2, 0.25) is 0 Å². The van der Waals surface area contributed by atoms with Crippen LogP contribution in [-0.2, 0) is 6.54 Å². The number of hydrogen-bond donors (Lipinski definition) is 2. The van der Waals surface area contributed by atoms with Gasteiger partial charge in [-0.1, -0.05) is 18.2 Å². The molecule has 4 nitrogen and oxygen atoms in total. The van der Waals surface area contributed by atoms with Crippen molar-refractivity contribution in [1.29, 1.82) is 0 Å². The fourth-order valence-corrected chi connectivity index (χ4v) is 3.75. The summed E-state index contributed by atoms with van der Waals surface area (Å²) < 4.78 is 0. The van der Waals surface area contributed by atoms with Crippen molar-refractivity contribution in [2.24, 2.45) is 0 Å². The highest BCUT2D eigenvalue weighted by Gasteiger charge is 2.20. The first-order valence-electron chi connectivity index (χ1n) is 9.15. The van der Waals surface area contributed by atoms with E-state index in [0.717, 1.165) is 24.0 Å². The van der Waals surface area contributed by atoms with Crippen LogP contribution in [-0.4, -0.2) is 34.2 Å². The summed E-state index contributed by atoms with van der Waals surface area (Å²) in [5, 5.41) is 12.0. The molecule has 1 aliphatic rings. The zero-order valence-corrected chi connectivity index (χ0v) is 15.0. The van der Waals surface area contributed by atoms with Gasteiger partial charge in [0.15, 0.2) is 0 Å². The lowest BCUT2D eigenvalue weighted by molar-refractivity contribution is 0.208. The Morgan fingerprint density at radius 1 is 1.16 bits per heavy atom. The average Bonchev–Trinajstić information content (AvgIpc) is 3.06. The number of aromatic amines is 1. The molecule has 0 aliphatic carbocycles. The van der Waals surface area contributed by atoms with E-state index in [-0.39, 0.29) is 0 Å². The number of nitrogens with one attached hydrogen (secondary N) is 2. The van der Waals surface area contributed by atoms with E-state index in [1.54, 1.807) is 0 Å². The molecule has 0 bridgehead atoms. The maximum absolute atomic E-state index is 4.10. The first-order chi connectivity index (χ1) is 12.2. The molecular formula is C21H26N4. The lowest BCUT2D eigenvalue weighted by atomic mass is 10.0. The van der Waals surface area contributed by atoms with Gasteiger partial charge in [0, 0.05) is 30.2 Å². The normalized spacial score (nSPS) is 18.6. The van der Waals surface area contributed by atoms with Crippen LogP contribution >= 0.6 is 0 Å². The van der Waals surface area contributed by atoms with Gasteiger partial charge in [0.2, 0.25) is 0 Å². The van der Waals surface area contributed by atoms with Crippen molar-refractivity contribution in [3.63, 3.8) is 0 Å². The first-order valence-corrected chi connectivity index (χ1v) is 9.15. The van der Waals surface area contributed by atoms with Crippen LogP contribution in [0.5, 0.6) is 0 Å². The number of rotatable bonds is 4. The SMILES string of the molecule is Cc1ccc(CN2CCC[C@@H](Nc3ccc4[nH]ncc4c3)C2)cc1C. The van der Waals surface area contributed by atoms with Gasteiger partial charge in [-0.25, -0.2) is 0 Å². The third-order valence-corrected chi connectivity index (χ3v) is 5.29. The average molecular weight is 334 g/mol. The molecule has 3 aromatic rings. The molecule has 1 atom stereocenters. The molecule has 4 heteroatoms. The van der Waals surface area contributed by atoms with Crippen molar-refractivity contribution in [1.82, 2.24) is 15.1 Å². The summed E-state index contributed by atoms with van der Waals surface area (Å²) in [4.78, 5) is 2.57. The van der Waals surface area contributed by atoms with E-state index in [0.29, 0.717) is 6.04 Å². The van der Waals surface area contributed by atoms with Gasteiger partial charge < -0.3 is 5.32 Å². The van der Waals surface area contributed by atoms with Crippen molar-refractivity contribution in [3.8, 4) is 0 Å². The highest BCUT2D eigenvalue weighted by Crippen LogP contribution is 2.21. The van der Waals surface area contributed by atoms with Crippen LogP contribution in [0.15, 0.2) is 42.6 Å². The second-order valence-electron chi connectivity index (χ2n) is 7.31. The predicted molar refractivity (Wildman–Crippen MR) is 104 cm³/mol. The quantitative estimate of drug-likeness (QED) is 0.749. The molecule has 2 heterocycles. The largest absolute Gasteiger partial charge is 0.381 e. The summed E-state index contributed by atoms with van der Waals surface area (Å²) in [5.41, 5.74) is 6.45. The molecule has 2 aromatic carbocycles.